The number of nitrogens with one attached hydrogen (secondary N) is 1. The summed E-state index contributed by atoms with van der Waals surface area (Å²) in [6.45, 7) is 0. The van der Waals surface area contributed by atoms with Crippen molar-refractivity contribution in [3.63, 3.8) is 0 Å². The van der Waals surface area contributed by atoms with Gasteiger partial charge in [0, 0.05) is 11.8 Å². The molecule has 5 nitrogen and oxygen atoms in total. The van der Waals surface area contributed by atoms with Crippen molar-refractivity contribution in [2.75, 3.05) is 5.32 Å². The van der Waals surface area contributed by atoms with Gasteiger partial charge in [-0.05, 0) is 42.5 Å². The lowest BCUT2D eigenvalue weighted by atomic mass is 10.3. The molecule has 2 rings (SSSR count). The third-order valence-corrected chi connectivity index (χ3v) is 2.47. The van der Waals surface area contributed by atoms with Gasteiger partial charge in [-0.25, -0.2) is 0 Å². The molecule has 0 radical (unpaired) electrons. The monoisotopic (exact) mass is 282 g/mol. The normalized spacial score (nSPS) is 10.3. The van der Waals surface area contributed by atoms with E-state index >= 15 is 0 Å². The Bertz CT molecular complexity index is 648. The molecular formula is C16H12NO4-. The van der Waals surface area contributed by atoms with Crippen LogP contribution in [0.2, 0.25) is 0 Å². The number of rotatable bonds is 5. The first-order valence-corrected chi connectivity index (χ1v) is 6.16. The number of carboxylic acids is 1. The minimum absolute atomic E-state index is 0.531. The SMILES string of the molecule is O=C([O-])/C=C\C(=O)Nc1ccc(Oc2ccccc2)cc1. The molecule has 106 valence electrons. The van der Waals surface area contributed by atoms with Crippen LogP contribution in [0.4, 0.5) is 5.69 Å². The van der Waals surface area contributed by atoms with Crippen molar-refractivity contribution in [1.82, 2.24) is 0 Å². The number of ether oxygens (including phenoxy) is 1. The van der Waals surface area contributed by atoms with E-state index in [1.807, 2.05) is 30.3 Å². The van der Waals surface area contributed by atoms with Crippen LogP contribution in [0, 0.1) is 0 Å². The second kappa shape index (κ2) is 6.91. The first kappa shape index (κ1) is 14.3. The summed E-state index contributed by atoms with van der Waals surface area (Å²) >= 11 is 0. The number of anilines is 1. The molecule has 1 N–H and O–H groups in total. The predicted molar refractivity (Wildman–Crippen MR) is 75.7 cm³/mol. The van der Waals surface area contributed by atoms with Crippen LogP contribution in [0.25, 0.3) is 0 Å². The lowest BCUT2D eigenvalue weighted by molar-refractivity contribution is -0.297. The summed E-state index contributed by atoms with van der Waals surface area (Å²) in [7, 11) is 0. The molecule has 0 aliphatic heterocycles. The van der Waals surface area contributed by atoms with E-state index in [0.717, 1.165) is 6.08 Å². The molecule has 0 aliphatic rings. The third kappa shape index (κ3) is 4.83. The van der Waals surface area contributed by atoms with E-state index in [1.165, 1.54) is 0 Å². The number of carbonyl (C=O) groups is 2. The van der Waals surface area contributed by atoms with E-state index < -0.39 is 11.9 Å². The molecule has 2 aromatic carbocycles. The molecule has 2 aromatic rings. The molecule has 21 heavy (non-hydrogen) atoms. The van der Waals surface area contributed by atoms with Crippen molar-refractivity contribution in [2.24, 2.45) is 0 Å². The van der Waals surface area contributed by atoms with Crippen molar-refractivity contribution in [2.45, 2.75) is 0 Å². The van der Waals surface area contributed by atoms with Gasteiger partial charge in [-0.3, -0.25) is 4.79 Å². The van der Waals surface area contributed by atoms with Gasteiger partial charge in [0.1, 0.15) is 11.5 Å². The van der Waals surface area contributed by atoms with Crippen LogP contribution in [-0.2, 0) is 9.59 Å². The van der Waals surface area contributed by atoms with Gasteiger partial charge in [0.15, 0.2) is 0 Å². The lowest BCUT2D eigenvalue weighted by Gasteiger charge is -2.07. The van der Waals surface area contributed by atoms with Crippen molar-refractivity contribution in [3.8, 4) is 11.5 Å². The van der Waals surface area contributed by atoms with Gasteiger partial charge in [-0.15, -0.1) is 0 Å². The van der Waals surface area contributed by atoms with Gasteiger partial charge < -0.3 is 20.0 Å². The van der Waals surface area contributed by atoms with Gasteiger partial charge >= 0.3 is 0 Å². The van der Waals surface area contributed by atoms with Crippen LogP contribution in [0.15, 0.2) is 66.7 Å². The van der Waals surface area contributed by atoms with Crippen molar-refractivity contribution < 1.29 is 19.4 Å². The molecule has 0 saturated heterocycles. The summed E-state index contributed by atoms with van der Waals surface area (Å²) in [4.78, 5) is 21.6. The summed E-state index contributed by atoms with van der Waals surface area (Å²) in [5, 5.41) is 12.7. The van der Waals surface area contributed by atoms with E-state index in [2.05, 4.69) is 5.32 Å². The molecule has 0 aliphatic carbocycles. The average molecular weight is 282 g/mol. The van der Waals surface area contributed by atoms with Gasteiger partial charge in [-0.1, -0.05) is 18.2 Å². The fourth-order valence-corrected chi connectivity index (χ4v) is 1.56. The summed E-state index contributed by atoms with van der Waals surface area (Å²) in [6, 6.07) is 16.0. The van der Waals surface area contributed by atoms with E-state index in [4.69, 9.17) is 4.74 Å². The highest BCUT2D eigenvalue weighted by atomic mass is 16.5. The number of benzene rings is 2. The van der Waals surface area contributed by atoms with E-state index in [-0.39, 0.29) is 0 Å². The standard InChI is InChI=1S/C16H13NO4/c18-15(10-11-16(19)20)17-12-6-8-14(9-7-12)21-13-4-2-1-3-5-13/h1-11H,(H,17,18)(H,19,20)/p-1/b11-10-. The number of hydrogen-bond acceptors (Lipinski definition) is 4. The maximum absolute atomic E-state index is 11.4. The fraction of sp³-hybridized carbons (Fsp3) is 0. The fourth-order valence-electron chi connectivity index (χ4n) is 1.56. The maximum atomic E-state index is 11.4. The van der Waals surface area contributed by atoms with E-state index in [1.54, 1.807) is 24.3 Å². The Balaban J connectivity index is 1.96. The van der Waals surface area contributed by atoms with Gasteiger partial charge in [0.05, 0.1) is 5.97 Å². The Morgan fingerprint density at radius 3 is 2.14 bits per heavy atom. The zero-order valence-electron chi connectivity index (χ0n) is 11.0. The highest BCUT2D eigenvalue weighted by Gasteiger charge is 2.00. The Morgan fingerprint density at radius 2 is 1.52 bits per heavy atom. The molecular weight excluding hydrogens is 270 g/mol. The Labute approximate surface area is 121 Å². The minimum atomic E-state index is -1.42. The number of amides is 1. The summed E-state index contributed by atoms with van der Waals surface area (Å²) in [5.74, 6) is -0.622. The van der Waals surface area contributed by atoms with Gasteiger partial charge in [-0.2, -0.15) is 0 Å². The topological polar surface area (TPSA) is 78.5 Å². The first-order valence-electron chi connectivity index (χ1n) is 6.16. The second-order valence-electron chi connectivity index (χ2n) is 4.08. The zero-order chi connectivity index (χ0) is 15.1. The number of aliphatic carboxylic acids is 1. The molecule has 0 bridgehead atoms. The second-order valence-corrected chi connectivity index (χ2v) is 4.08. The van der Waals surface area contributed by atoms with Crippen LogP contribution >= 0.6 is 0 Å². The van der Waals surface area contributed by atoms with E-state index in [9.17, 15) is 14.7 Å². The molecule has 1 amide bonds. The molecule has 5 heteroatoms. The van der Waals surface area contributed by atoms with Crippen molar-refractivity contribution in [3.05, 3.63) is 66.7 Å². The maximum Gasteiger partial charge on any atom is 0.248 e. The zero-order valence-corrected chi connectivity index (χ0v) is 11.0. The van der Waals surface area contributed by atoms with Crippen LogP contribution in [0.5, 0.6) is 11.5 Å². The van der Waals surface area contributed by atoms with Crippen LogP contribution < -0.4 is 15.2 Å². The molecule has 0 unspecified atom stereocenters. The predicted octanol–water partition coefficient (Wildman–Crippen LogP) is 1.72. The Kier molecular flexibility index (Phi) is 4.71. The molecule has 0 heterocycles. The highest BCUT2D eigenvalue weighted by Crippen LogP contribution is 2.22. The molecule has 0 aromatic heterocycles. The Morgan fingerprint density at radius 1 is 0.905 bits per heavy atom. The number of carboxylic acid groups (broad SMARTS) is 1. The number of para-hydroxylation sites is 1. The van der Waals surface area contributed by atoms with E-state index in [0.29, 0.717) is 23.3 Å². The summed E-state index contributed by atoms with van der Waals surface area (Å²) in [5.41, 5.74) is 0.531. The summed E-state index contributed by atoms with van der Waals surface area (Å²) in [6.07, 6.45) is 1.56. The van der Waals surface area contributed by atoms with Gasteiger partial charge in [0.2, 0.25) is 5.91 Å². The first-order chi connectivity index (χ1) is 10.1. The van der Waals surface area contributed by atoms with Gasteiger partial charge in [0.25, 0.3) is 0 Å². The smallest absolute Gasteiger partial charge is 0.248 e. The Hall–Kier alpha value is -3.08. The number of hydrogen-bond donors (Lipinski definition) is 1. The molecule has 0 spiro atoms. The van der Waals surface area contributed by atoms with Crippen LogP contribution in [-0.4, -0.2) is 11.9 Å². The van der Waals surface area contributed by atoms with Crippen molar-refractivity contribution in [1.29, 1.82) is 0 Å². The quantitative estimate of drug-likeness (QED) is 0.847. The van der Waals surface area contributed by atoms with Crippen LogP contribution in [0.1, 0.15) is 0 Å². The molecule has 0 fully saturated rings. The lowest BCUT2D eigenvalue weighted by Crippen LogP contribution is -2.20. The third-order valence-electron chi connectivity index (χ3n) is 2.47. The highest BCUT2D eigenvalue weighted by molar-refractivity contribution is 6.02. The number of carbonyl (C=O) groups excluding carboxylic acids is 2. The molecule has 0 saturated carbocycles. The molecule has 0 atom stereocenters. The van der Waals surface area contributed by atoms with Crippen molar-refractivity contribution >= 4 is 17.6 Å². The largest absolute Gasteiger partial charge is 0.545 e. The average Bonchev–Trinajstić information content (AvgIpc) is 2.48. The minimum Gasteiger partial charge on any atom is -0.545 e. The summed E-state index contributed by atoms with van der Waals surface area (Å²) < 4.78 is 5.60. The van der Waals surface area contributed by atoms with Crippen LogP contribution in [0.3, 0.4) is 0 Å².